The van der Waals surface area contributed by atoms with Crippen molar-refractivity contribution in [2.45, 2.75) is 44.3 Å². The van der Waals surface area contributed by atoms with Crippen molar-refractivity contribution in [1.82, 2.24) is 0 Å². The highest BCUT2D eigenvalue weighted by molar-refractivity contribution is 5.90. The smallest absolute Gasteiger partial charge is 0.340 e. The van der Waals surface area contributed by atoms with Crippen LogP contribution in [0.5, 0.6) is 0 Å². The Morgan fingerprint density at radius 1 is 1.44 bits per heavy atom. The number of carbonyl (C=O) groups is 2. The van der Waals surface area contributed by atoms with Gasteiger partial charge in [-0.05, 0) is 37.3 Å². The number of esters is 2. The quantitative estimate of drug-likeness (QED) is 0.361. The van der Waals surface area contributed by atoms with Crippen LogP contribution in [0.2, 0.25) is 0 Å². The van der Waals surface area contributed by atoms with Gasteiger partial charge in [0.2, 0.25) is 0 Å². The van der Waals surface area contributed by atoms with E-state index in [-0.39, 0.29) is 37.2 Å². The lowest BCUT2D eigenvalue weighted by Gasteiger charge is -2.20. The molecular formula is C19H24O6. The van der Waals surface area contributed by atoms with E-state index < -0.39 is 5.60 Å². The molecule has 25 heavy (non-hydrogen) atoms. The molecule has 6 nitrogen and oxygen atoms in total. The van der Waals surface area contributed by atoms with Crippen LogP contribution in [-0.2, 0) is 23.8 Å². The minimum Gasteiger partial charge on any atom is -0.459 e. The molecule has 2 saturated heterocycles. The van der Waals surface area contributed by atoms with Crippen molar-refractivity contribution in [3.05, 3.63) is 35.5 Å². The average Bonchev–Trinajstić information content (AvgIpc) is 3.29. The van der Waals surface area contributed by atoms with E-state index in [9.17, 15) is 14.7 Å². The summed E-state index contributed by atoms with van der Waals surface area (Å²) in [5, 5.41) is 9.53. The maximum absolute atomic E-state index is 11.9. The van der Waals surface area contributed by atoms with Crippen LogP contribution < -0.4 is 0 Å². The number of fused-ring (bicyclic) bond motifs is 1. The van der Waals surface area contributed by atoms with Gasteiger partial charge in [0.05, 0.1) is 13.2 Å². The molecular weight excluding hydrogens is 324 g/mol. The highest BCUT2D eigenvalue weighted by Crippen LogP contribution is 2.35. The van der Waals surface area contributed by atoms with Crippen molar-refractivity contribution in [3.8, 4) is 0 Å². The topological polar surface area (TPSA) is 85.4 Å². The van der Waals surface area contributed by atoms with Crippen LogP contribution in [0.1, 0.15) is 32.6 Å². The van der Waals surface area contributed by atoms with E-state index in [0.717, 1.165) is 24.0 Å². The van der Waals surface area contributed by atoms with E-state index in [1.54, 1.807) is 6.92 Å². The van der Waals surface area contributed by atoms with Crippen LogP contribution in [0, 0.1) is 5.92 Å². The number of carbonyl (C=O) groups excluding carboxylic acids is 2. The van der Waals surface area contributed by atoms with Crippen LogP contribution in [0.3, 0.4) is 0 Å². The first-order valence-electron chi connectivity index (χ1n) is 8.60. The van der Waals surface area contributed by atoms with Crippen LogP contribution in [0.25, 0.3) is 0 Å². The largest absolute Gasteiger partial charge is 0.459 e. The number of aliphatic hydroxyl groups excluding tert-OH is 1. The van der Waals surface area contributed by atoms with Gasteiger partial charge in [0, 0.05) is 17.9 Å². The Labute approximate surface area is 147 Å². The van der Waals surface area contributed by atoms with Gasteiger partial charge in [-0.3, -0.25) is 0 Å². The summed E-state index contributed by atoms with van der Waals surface area (Å²) in [4.78, 5) is 23.8. The van der Waals surface area contributed by atoms with Gasteiger partial charge >= 0.3 is 11.9 Å². The van der Waals surface area contributed by atoms with E-state index in [2.05, 4.69) is 6.58 Å². The Balaban J connectivity index is 1.71. The average molecular weight is 348 g/mol. The number of aliphatic hydroxyl groups is 1. The van der Waals surface area contributed by atoms with Crippen molar-refractivity contribution in [2.24, 2.45) is 5.92 Å². The van der Waals surface area contributed by atoms with E-state index in [1.807, 2.05) is 12.2 Å². The van der Waals surface area contributed by atoms with Gasteiger partial charge in [0.25, 0.3) is 0 Å². The maximum atomic E-state index is 11.9. The zero-order chi connectivity index (χ0) is 18.0. The summed E-state index contributed by atoms with van der Waals surface area (Å²) in [6.07, 6.45) is 6.29. The molecule has 0 spiro atoms. The monoisotopic (exact) mass is 348 g/mol. The Bertz CT molecular complexity index is 640. The van der Waals surface area contributed by atoms with Gasteiger partial charge in [-0.2, -0.15) is 0 Å². The summed E-state index contributed by atoms with van der Waals surface area (Å²) in [6.45, 7) is 6.11. The molecule has 0 saturated carbocycles. The molecule has 2 fully saturated rings. The highest BCUT2D eigenvalue weighted by atomic mass is 16.6. The molecule has 3 rings (SSSR count). The molecule has 2 aliphatic heterocycles. The minimum atomic E-state index is -0.786. The lowest BCUT2D eigenvalue weighted by Crippen LogP contribution is -2.24. The number of allylic oxidation sites excluding steroid dienone is 2. The molecule has 1 unspecified atom stereocenters. The Hall–Kier alpha value is -1.92. The summed E-state index contributed by atoms with van der Waals surface area (Å²) in [6, 6.07) is 0. The summed E-state index contributed by atoms with van der Waals surface area (Å²) in [7, 11) is 0. The lowest BCUT2D eigenvalue weighted by molar-refractivity contribution is -0.148. The van der Waals surface area contributed by atoms with Gasteiger partial charge in [-0.1, -0.05) is 18.7 Å². The summed E-state index contributed by atoms with van der Waals surface area (Å²) in [5.41, 5.74) is 1.52. The van der Waals surface area contributed by atoms with Crippen molar-refractivity contribution < 1.29 is 28.9 Å². The number of hydrogen-bond acceptors (Lipinski definition) is 6. The Morgan fingerprint density at radius 3 is 2.88 bits per heavy atom. The molecule has 0 amide bonds. The fourth-order valence-electron chi connectivity index (χ4n) is 3.15. The summed E-state index contributed by atoms with van der Waals surface area (Å²) in [5.74, 6) is -0.832. The minimum absolute atomic E-state index is 0.0586. The molecule has 136 valence electrons. The molecule has 2 heterocycles. The van der Waals surface area contributed by atoms with Gasteiger partial charge in [-0.15, -0.1) is 0 Å². The standard InChI is InChI=1S/C19H24O6/c1-12-15-7-6-13(10-23-18(22)19(2)11-24-19)4-3-5-14(9-20)8-16(15)25-17(12)21/h5-6,15-16,20H,1,3-4,7-11H2,2H3/b13-6+,14-5+/t15-,16+,19?/m1/s1. The summed E-state index contributed by atoms with van der Waals surface area (Å²) >= 11 is 0. The first-order valence-corrected chi connectivity index (χ1v) is 8.60. The first-order chi connectivity index (χ1) is 11.9. The van der Waals surface area contributed by atoms with Crippen molar-refractivity contribution >= 4 is 11.9 Å². The normalized spacial score (nSPS) is 36.4. The summed E-state index contributed by atoms with van der Waals surface area (Å²) < 4.78 is 15.9. The second kappa shape index (κ2) is 7.14. The predicted octanol–water partition coefficient (Wildman–Crippen LogP) is 1.84. The van der Waals surface area contributed by atoms with Crippen LogP contribution in [0.15, 0.2) is 35.5 Å². The molecule has 0 aromatic carbocycles. The third-order valence-corrected chi connectivity index (χ3v) is 5.04. The Kier molecular flexibility index (Phi) is 5.11. The van der Waals surface area contributed by atoms with Crippen LogP contribution in [0.4, 0.5) is 0 Å². The molecule has 3 atom stereocenters. The molecule has 1 aliphatic carbocycles. The van der Waals surface area contributed by atoms with Crippen LogP contribution in [-0.4, -0.2) is 48.6 Å². The van der Waals surface area contributed by atoms with E-state index in [1.165, 1.54) is 0 Å². The van der Waals surface area contributed by atoms with Crippen molar-refractivity contribution in [2.75, 3.05) is 19.8 Å². The molecule has 0 aromatic heterocycles. The second-order valence-electron chi connectivity index (χ2n) is 7.03. The van der Waals surface area contributed by atoms with Gasteiger partial charge < -0.3 is 19.3 Å². The van der Waals surface area contributed by atoms with Crippen molar-refractivity contribution in [1.29, 1.82) is 0 Å². The molecule has 6 heteroatoms. The third-order valence-electron chi connectivity index (χ3n) is 5.04. The van der Waals surface area contributed by atoms with Gasteiger partial charge in [0.15, 0.2) is 5.60 Å². The van der Waals surface area contributed by atoms with E-state index in [4.69, 9.17) is 14.2 Å². The predicted molar refractivity (Wildman–Crippen MR) is 89.5 cm³/mol. The zero-order valence-electron chi connectivity index (χ0n) is 14.5. The van der Waals surface area contributed by atoms with Gasteiger partial charge in [0.1, 0.15) is 12.7 Å². The molecule has 0 radical (unpaired) electrons. The molecule has 1 N–H and O–H groups in total. The molecule has 0 bridgehead atoms. The fourth-order valence-corrected chi connectivity index (χ4v) is 3.15. The number of epoxide rings is 1. The number of ether oxygens (including phenoxy) is 3. The fraction of sp³-hybridized carbons (Fsp3) is 0.579. The number of rotatable bonds is 4. The van der Waals surface area contributed by atoms with E-state index >= 15 is 0 Å². The van der Waals surface area contributed by atoms with Crippen LogP contribution >= 0.6 is 0 Å². The zero-order valence-corrected chi connectivity index (χ0v) is 14.5. The maximum Gasteiger partial charge on any atom is 0.340 e. The molecule has 0 aromatic rings. The SMILES string of the molecule is C=C1C(=O)O[C@H]2C/C(CO)=C\CC/C(COC(=O)C3(C)CO3)=C\C[C@H]12. The van der Waals surface area contributed by atoms with Crippen molar-refractivity contribution in [3.63, 3.8) is 0 Å². The number of hydrogen-bond donors (Lipinski definition) is 1. The third kappa shape index (κ3) is 4.02. The van der Waals surface area contributed by atoms with E-state index in [0.29, 0.717) is 25.0 Å². The highest BCUT2D eigenvalue weighted by Gasteiger charge is 2.49. The molecule has 3 aliphatic rings. The first kappa shape index (κ1) is 17.9. The lowest BCUT2D eigenvalue weighted by atomic mass is 9.87. The Morgan fingerprint density at radius 2 is 2.20 bits per heavy atom. The second-order valence-corrected chi connectivity index (χ2v) is 7.03. The van der Waals surface area contributed by atoms with Gasteiger partial charge in [-0.25, -0.2) is 9.59 Å².